The van der Waals surface area contributed by atoms with Crippen LogP contribution in [-0.4, -0.2) is 50.6 Å². The number of nitrogens with zero attached hydrogens (tertiary/aromatic N) is 5. The molecular formula is C22H25N5O4. The van der Waals surface area contributed by atoms with Crippen molar-refractivity contribution in [2.75, 3.05) is 19.1 Å². The molecule has 1 amide bonds. The van der Waals surface area contributed by atoms with E-state index in [2.05, 4.69) is 10.1 Å². The van der Waals surface area contributed by atoms with Gasteiger partial charge in [0, 0.05) is 18.0 Å². The largest absolute Gasteiger partial charge is 0.491 e. The summed E-state index contributed by atoms with van der Waals surface area (Å²) in [5, 5.41) is 14.3. The number of ether oxygens (including phenoxy) is 2. The quantitative estimate of drug-likeness (QED) is 0.650. The van der Waals surface area contributed by atoms with Crippen molar-refractivity contribution in [3.63, 3.8) is 0 Å². The number of carbonyl (C=O) groups excluding carboxylic acids is 1. The van der Waals surface area contributed by atoms with E-state index in [0.717, 1.165) is 5.56 Å². The van der Waals surface area contributed by atoms with Crippen molar-refractivity contribution < 1.29 is 19.4 Å². The highest BCUT2D eigenvalue weighted by Gasteiger charge is 2.37. The molecule has 0 aliphatic carbocycles. The fourth-order valence-corrected chi connectivity index (χ4v) is 3.74. The van der Waals surface area contributed by atoms with Gasteiger partial charge in [-0.2, -0.15) is 5.10 Å². The molecule has 0 saturated heterocycles. The lowest BCUT2D eigenvalue weighted by atomic mass is 10.1. The zero-order valence-corrected chi connectivity index (χ0v) is 18.2. The minimum Gasteiger partial charge on any atom is -0.491 e. The first kappa shape index (κ1) is 20.8. The van der Waals surface area contributed by atoms with Crippen LogP contribution < -0.4 is 14.4 Å². The fraction of sp³-hybridized carbons (Fsp3) is 0.364. The number of rotatable bonds is 6. The molecule has 0 bridgehead atoms. The molecule has 9 heteroatoms. The average Bonchev–Trinajstić information content (AvgIpc) is 3.27. The van der Waals surface area contributed by atoms with E-state index >= 15 is 0 Å². The summed E-state index contributed by atoms with van der Waals surface area (Å²) in [4.78, 5) is 23.8. The van der Waals surface area contributed by atoms with Crippen molar-refractivity contribution >= 4 is 11.6 Å². The first-order valence-electron chi connectivity index (χ1n) is 9.89. The predicted octanol–water partition coefficient (Wildman–Crippen LogP) is 2.85. The van der Waals surface area contributed by atoms with Crippen LogP contribution in [0.2, 0.25) is 0 Å². The summed E-state index contributed by atoms with van der Waals surface area (Å²) in [5.74, 6) is 0.771. The number of amides is 1. The van der Waals surface area contributed by atoms with Gasteiger partial charge in [0.05, 0.1) is 61.2 Å². The number of hydrogen-bond acceptors (Lipinski definition) is 7. The molecule has 4 rings (SSSR count). The highest BCUT2D eigenvalue weighted by molar-refractivity contribution is 6.10. The van der Waals surface area contributed by atoms with Crippen molar-refractivity contribution in [1.29, 1.82) is 0 Å². The van der Waals surface area contributed by atoms with Gasteiger partial charge >= 0.3 is 0 Å². The van der Waals surface area contributed by atoms with Crippen LogP contribution in [0.5, 0.6) is 11.6 Å². The Morgan fingerprint density at radius 2 is 1.97 bits per heavy atom. The van der Waals surface area contributed by atoms with E-state index in [9.17, 15) is 9.90 Å². The molecule has 1 unspecified atom stereocenters. The lowest BCUT2D eigenvalue weighted by Crippen LogP contribution is -2.27. The zero-order chi connectivity index (χ0) is 22.3. The van der Waals surface area contributed by atoms with Crippen LogP contribution in [0.25, 0.3) is 11.3 Å². The van der Waals surface area contributed by atoms with Gasteiger partial charge in [-0.05, 0) is 39.0 Å². The molecule has 1 atom stereocenters. The Bertz CT molecular complexity index is 1140. The monoisotopic (exact) mass is 423 g/mol. The summed E-state index contributed by atoms with van der Waals surface area (Å²) < 4.78 is 12.2. The minimum atomic E-state index is -0.906. The molecular weight excluding hydrogens is 398 g/mol. The molecule has 3 aromatic heterocycles. The third-order valence-corrected chi connectivity index (χ3v) is 5.13. The van der Waals surface area contributed by atoms with Gasteiger partial charge in [0.15, 0.2) is 5.75 Å². The van der Waals surface area contributed by atoms with Crippen LogP contribution in [0.3, 0.4) is 0 Å². The predicted molar refractivity (Wildman–Crippen MR) is 114 cm³/mol. The summed E-state index contributed by atoms with van der Waals surface area (Å²) in [6, 6.07) is 5.12. The Morgan fingerprint density at radius 3 is 2.65 bits per heavy atom. The summed E-state index contributed by atoms with van der Waals surface area (Å²) >= 11 is 0. The van der Waals surface area contributed by atoms with Crippen LogP contribution in [0.1, 0.15) is 42.9 Å². The van der Waals surface area contributed by atoms with Crippen molar-refractivity contribution in [1.82, 2.24) is 19.7 Å². The molecule has 162 valence electrons. The SMILES string of the molecule is COc1cc(-c2ccc3c(n2)C(C)N(c2cnn(CC(C)(C)O)c2)C3=O)cnc1OC. The van der Waals surface area contributed by atoms with E-state index in [1.54, 1.807) is 67.3 Å². The number of anilines is 1. The van der Waals surface area contributed by atoms with E-state index < -0.39 is 5.60 Å². The maximum absolute atomic E-state index is 13.1. The molecule has 0 fully saturated rings. The second-order valence-electron chi connectivity index (χ2n) is 8.12. The van der Waals surface area contributed by atoms with Gasteiger partial charge in [0.25, 0.3) is 11.8 Å². The lowest BCUT2D eigenvalue weighted by Gasteiger charge is -2.20. The van der Waals surface area contributed by atoms with Gasteiger partial charge in [-0.1, -0.05) is 0 Å². The molecule has 0 saturated carbocycles. The summed E-state index contributed by atoms with van der Waals surface area (Å²) in [6.07, 6.45) is 5.05. The van der Waals surface area contributed by atoms with Crippen LogP contribution in [0.4, 0.5) is 5.69 Å². The lowest BCUT2D eigenvalue weighted by molar-refractivity contribution is 0.0577. The van der Waals surface area contributed by atoms with E-state index in [4.69, 9.17) is 14.5 Å². The molecule has 0 radical (unpaired) electrons. The van der Waals surface area contributed by atoms with Gasteiger partial charge in [-0.25, -0.2) is 9.97 Å². The fourth-order valence-electron chi connectivity index (χ4n) is 3.74. The minimum absolute atomic E-state index is 0.130. The second-order valence-corrected chi connectivity index (χ2v) is 8.12. The average molecular weight is 423 g/mol. The van der Waals surface area contributed by atoms with Crippen molar-refractivity contribution in [3.05, 3.63) is 48.0 Å². The van der Waals surface area contributed by atoms with Crippen molar-refractivity contribution in [2.45, 2.75) is 39.0 Å². The highest BCUT2D eigenvalue weighted by atomic mass is 16.5. The maximum atomic E-state index is 13.1. The maximum Gasteiger partial charge on any atom is 0.260 e. The molecule has 1 N–H and O–H groups in total. The van der Waals surface area contributed by atoms with Crippen LogP contribution in [-0.2, 0) is 6.54 Å². The third-order valence-electron chi connectivity index (χ3n) is 5.13. The van der Waals surface area contributed by atoms with Gasteiger partial charge in [-0.15, -0.1) is 0 Å². The van der Waals surface area contributed by atoms with Crippen LogP contribution in [0, 0.1) is 0 Å². The first-order chi connectivity index (χ1) is 14.7. The van der Waals surface area contributed by atoms with Crippen LogP contribution in [0.15, 0.2) is 36.8 Å². The standard InChI is InChI=1S/C22H25N5O4/c1-13-19-16(21(28)27(13)15-10-24-26(11-15)12-22(2,3)29)6-7-17(25-19)14-8-18(30-4)20(31-5)23-9-14/h6-11,13,29H,12H2,1-5H3. The molecule has 9 nitrogen and oxygen atoms in total. The number of aromatic nitrogens is 4. The Morgan fingerprint density at radius 1 is 1.19 bits per heavy atom. The summed E-state index contributed by atoms with van der Waals surface area (Å²) in [6.45, 7) is 5.68. The van der Waals surface area contributed by atoms with E-state index in [1.807, 2.05) is 6.92 Å². The third kappa shape index (κ3) is 3.84. The number of fused-ring (bicyclic) bond motifs is 1. The van der Waals surface area contributed by atoms with E-state index in [1.165, 1.54) is 7.11 Å². The topological polar surface area (TPSA) is 103 Å². The van der Waals surface area contributed by atoms with E-state index in [-0.39, 0.29) is 11.9 Å². The highest BCUT2D eigenvalue weighted by Crippen LogP contribution is 2.38. The normalized spacial score (nSPS) is 15.9. The Balaban J connectivity index is 1.66. The van der Waals surface area contributed by atoms with Crippen molar-refractivity contribution in [3.8, 4) is 22.9 Å². The Labute approximate surface area is 180 Å². The number of methoxy groups -OCH3 is 2. The molecule has 31 heavy (non-hydrogen) atoms. The number of hydrogen-bond donors (Lipinski definition) is 1. The molecule has 3 aromatic rings. The van der Waals surface area contributed by atoms with Gasteiger partial charge in [0.2, 0.25) is 0 Å². The molecule has 1 aliphatic heterocycles. The summed E-state index contributed by atoms with van der Waals surface area (Å²) in [7, 11) is 3.08. The van der Waals surface area contributed by atoms with Gasteiger partial charge < -0.3 is 14.6 Å². The number of pyridine rings is 2. The van der Waals surface area contributed by atoms with Crippen LogP contribution >= 0.6 is 0 Å². The zero-order valence-electron chi connectivity index (χ0n) is 18.2. The molecule has 4 heterocycles. The first-order valence-corrected chi connectivity index (χ1v) is 9.89. The second kappa shape index (κ2) is 7.66. The summed E-state index contributed by atoms with van der Waals surface area (Å²) in [5.41, 5.74) is 2.45. The van der Waals surface area contributed by atoms with Gasteiger partial charge in [0.1, 0.15) is 0 Å². The van der Waals surface area contributed by atoms with Crippen molar-refractivity contribution in [2.24, 2.45) is 0 Å². The van der Waals surface area contributed by atoms with E-state index in [0.29, 0.717) is 40.8 Å². The number of aliphatic hydroxyl groups is 1. The number of carbonyl (C=O) groups is 1. The molecule has 0 spiro atoms. The van der Waals surface area contributed by atoms with Gasteiger partial charge in [-0.3, -0.25) is 14.4 Å². The Hall–Kier alpha value is -3.46. The molecule has 1 aliphatic rings. The molecule has 0 aromatic carbocycles. The Kier molecular flexibility index (Phi) is 5.14. The smallest absolute Gasteiger partial charge is 0.260 e.